The Hall–Kier alpha value is -2.77. The van der Waals surface area contributed by atoms with Crippen LogP contribution in [0.3, 0.4) is 0 Å². The second-order valence-corrected chi connectivity index (χ2v) is 7.47. The van der Waals surface area contributed by atoms with Crippen LogP contribution < -0.4 is 10.1 Å². The summed E-state index contributed by atoms with van der Waals surface area (Å²) < 4.78 is 11.2. The number of fused-ring (bicyclic) bond motifs is 1. The van der Waals surface area contributed by atoms with Gasteiger partial charge in [0.25, 0.3) is 0 Å². The number of ether oxygens (including phenoxy) is 2. The molecule has 2 aromatic heterocycles. The number of hydrogen-bond donors (Lipinski definition) is 1. The van der Waals surface area contributed by atoms with Crippen LogP contribution in [0.4, 0.5) is 11.5 Å². The van der Waals surface area contributed by atoms with Gasteiger partial charge in [-0.05, 0) is 44.0 Å². The van der Waals surface area contributed by atoms with E-state index in [1.54, 1.807) is 6.33 Å². The van der Waals surface area contributed by atoms with Crippen molar-refractivity contribution in [1.82, 2.24) is 19.9 Å². The quantitative estimate of drug-likeness (QED) is 0.578. The van der Waals surface area contributed by atoms with E-state index in [4.69, 9.17) is 9.47 Å². The molecule has 30 heavy (non-hydrogen) atoms. The Morgan fingerprint density at radius 3 is 2.90 bits per heavy atom. The third-order valence-corrected chi connectivity index (χ3v) is 5.16. The molecule has 0 atom stereocenters. The summed E-state index contributed by atoms with van der Waals surface area (Å²) in [5, 5.41) is 4.40. The first-order valence-corrected chi connectivity index (χ1v) is 10.7. The Labute approximate surface area is 177 Å². The fraction of sp³-hybridized carbons (Fsp3) is 0.435. The molecule has 0 bridgehead atoms. The smallest absolute Gasteiger partial charge is 0.141 e. The van der Waals surface area contributed by atoms with Crippen molar-refractivity contribution in [2.75, 3.05) is 44.8 Å². The Morgan fingerprint density at radius 1 is 1.13 bits per heavy atom. The predicted octanol–water partition coefficient (Wildman–Crippen LogP) is 3.82. The molecule has 0 radical (unpaired) electrons. The van der Waals surface area contributed by atoms with Gasteiger partial charge in [0.05, 0.1) is 31.5 Å². The predicted molar refractivity (Wildman–Crippen MR) is 118 cm³/mol. The molecule has 1 aliphatic heterocycles. The number of rotatable bonds is 9. The lowest BCUT2D eigenvalue weighted by Crippen LogP contribution is -2.36. The summed E-state index contributed by atoms with van der Waals surface area (Å²) in [5.74, 6) is 1.63. The minimum absolute atomic E-state index is 0.708. The molecule has 0 saturated carbocycles. The van der Waals surface area contributed by atoms with E-state index in [-0.39, 0.29) is 0 Å². The molecule has 7 heteroatoms. The topological polar surface area (TPSA) is 72.4 Å². The lowest BCUT2D eigenvalue weighted by molar-refractivity contribution is 0.0374. The van der Waals surface area contributed by atoms with Gasteiger partial charge in [0.1, 0.15) is 17.9 Å². The minimum atomic E-state index is 0.708. The van der Waals surface area contributed by atoms with Crippen LogP contribution in [0.5, 0.6) is 5.75 Å². The van der Waals surface area contributed by atoms with Gasteiger partial charge in [0.15, 0.2) is 0 Å². The number of aromatic nitrogens is 3. The fourth-order valence-electron chi connectivity index (χ4n) is 3.57. The lowest BCUT2D eigenvalue weighted by Gasteiger charge is -2.26. The molecule has 1 N–H and O–H groups in total. The Kier molecular flexibility index (Phi) is 7.05. The van der Waals surface area contributed by atoms with E-state index in [1.165, 1.54) is 0 Å². The van der Waals surface area contributed by atoms with Crippen LogP contribution in [0.15, 0.2) is 42.9 Å². The number of aryl methyl sites for hydroxylation is 1. The maximum absolute atomic E-state index is 5.74. The number of pyridine rings is 1. The van der Waals surface area contributed by atoms with Gasteiger partial charge >= 0.3 is 0 Å². The normalized spacial score (nSPS) is 14.7. The van der Waals surface area contributed by atoms with E-state index in [0.29, 0.717) is 6.61 Å². The highest BCUT2D eigenvalue weighted by Gasteiger charge is 2.11. The molecule has 0 spiro atoms. The van der Waals surface area contributed by atoms with E-state index in [2.05, 4.69) is 38.2 Å². The summed E-state index contributed by atoms with van der Waals surface area (Å²) in [4.78, 5) is 15.9. The van der Waals surface area contributed by atoms with Crippen molar-refractivity contribution in [3.63, 3.8) is 0 Å². The van der Waals surface area contributed by atoms with Crippen LogP contribution in [0, 0.1) is 0 Å². The van der Waals surface area contributed by atoms with Crippen molar-refractivity contribution in [2.45, 2.75) is 26.2 Å². The molecule has 158 valence electrons. The van der Waals surface area contributed by atoms with Crippen LogP contribution in [0.2, 0.25) is 0 Å². The van der Waals surface area contributed by atoms with Crippen molar-refractivity contribution in [3.8, 4) is 5.75 Å². The fourth-order valence-corrected chi connectivity index (χ4v) is 3.57. The molecule has 4 rings (SSSR count). The van der Waals surface area contributed by atoms with E-state index < -0.39 is 0 Å². The summed E-state index contributed by atoms with van der Waals surface area (Å²) in [6.45, 7) is 7.60. The van der Waals surface area contributed by atoms with Crippen LogP contribution in [0.1, 0.15) is 25.5 Å². The van der Waals surface area contributed by atoms with E-state index in [1.807, 2.05) is 30.5 Å². The highest BCUT2D eigenvalue weighted by Crippen LogP contribution is 2.25. The largest absolute Gasteiger partial charge is 0.494 e. The van der Waals surface area contributed by atoms with Crippen molar-refractivity contribution in [1.29, 1.82) is 0 Å². The zero-order valence-corrected chi connectivity index (χ0v) is 17.5. The maximum atomic E-state index is 5.74. The average molecular weight is 408 g/mol. The van der Waals surface area contributed by atoms with Gasteiger partial charge in [-0.1, -0.05) is 13.0 Å². The second kappa shape index (κ2) is 10.3. The van der Waals surface area contributed by atoms with Gasteiger partial charge in [0, 0.05) is 35.9 Å². The van der Waals surface area contributed by atoms with Crippen LogP contribution in [-0.4, -0.2) is 59.3 Å². The van der Waals surface area contributed by atoms with Crippen molar-refractivity contribution in [2.24, 2.45) is 0 Å². The monoisotopic (exact) mass is 407 g/mol. The first-order chi connectivity index (χ1) is 14.8. The van der Waals surface area contributed by atoms with Gasteiger partial charge in [-0.25, -0.2) is 9.97 Å². The Balaban J connectivity index is 1.46. The van der Waals surface area contributed by atoms with E-state index in [0.717, 1.165) is 86.0 Å². The first-order valence-electron chi connectivity index (χ1n) is 10.7. The standard InChI is InChI=1S/C23H29N5O2/c1-2-11-30-20-7-3-5-19(14-20)27-23-21-15-18(24-16-22(21)25-17-26-23)6-4-8-28-9-12-29-13-10-28/h3,5,7,14-17H,2,4,6,8-13H2,1H3,(H,25,26,27). The lowest BCUT2D eigenvalue weighted by atomic mass is 10.1. The number of benzene rings is 1. The third kappa shape index (κ3) is 5.43. The molecule has 3 heterocycles. The van der Waals surface area contributed by atoms with Crippen LogP contribution in [0.25, 0.3) is 10.9 Å². The molecule has 3 aromatic rings. The molecule has 0 amide bonds. The third-order valence-electron chi connectivity index (χ3n) is 5.16. The molecule has 0 aliphatic carbocycles. The number of anilines is 2. The molecule has 1 aliphatic rings. The minimum Gasteiger partial charge on any atom is -0.494 e. The number of morpholine rings is 1. The van der Waals surface area contributed by atoms with E-state index in [9.17, 15) is 0 Å². The molecule has 7 nitrogen and oxygen atoms in total. The van der Waals surface area contributed by atoms with Gasteiger partial charge in [-0.15, -0.1) is 0 Å². The molecule has 1 saturated heterocycles. The molecular weight excluding hydrogens is 378 g/mol. The summed E-state index contributed by atoms with van der Waals surface area (Å²) in [6.07, 6.45) is 6.40. The highest BCUT2D eigenvalue weighted by atomic mass is 16.5. The molecule has 1 fully saturated rings. The van der Waals surface area contributed by atoms with Crippen molar-refractivity contribution < 1.29 is 9.47 Å². The highest BCUT2D eigenvalue weighted by molar-refractivity contribution is 5.90. The SMILES string of the molecule is CCCOc1cccc(Nc2ncnc3cnc(CCCN4CCOCC4)cc23)c1. The zero-order valence-electron chi connectivity index (χ0n) is 17.5. The number of nitrogens with zero attached hydrogens (tertiary/aromatic N) is 4. The van der Waals surface area contributed by atoms with E-state index >= 15 is 0 Å². The Morgan fingerprint density at radius 2 is 2.03 bits per heavy atom. The molecule has 0 unspecified atom stereocenters. The second-order valence-electron chi connectivity index (χ2n) is 7.47. The molecule has 1 aromatic carbocycles. The van der Waals surface area contributed by atoms with Crippen LogP contribution >= 0.6 is 0 Å². The average Bonchev–Trinajstić information content (AvgIpc) is 2.79. The number of nitrogens with one attached hydrogen (secondary N) is 1. The summed E-state index contributed by atoms with van der Waals surface area (Å²) in [6, 6.07) is 10.1. The number of hydrogen-bond acceptors (Lipinski definition) is 7. The van der Waals surface area contributed by atoms with Crippen LogP contribution in [-0.2, 0) is 11.2 Å². The van der Waals surface area contributed by atoms with Crippen molar-refractivity contribution >= 4 is 22.4 Å². The van der Waals surface area contributed by atoms with Gasteiger partial charge in [-0.3, -0.25) is 9.88 Å². The van der Waals surface area contributed by atoms with Crippen molar-refractivity contribution in [3.05, 3.63) is 48.5 Å². The van der Waals surface area contributed by atoms with Gasteiger partial charge in [0.2, 0.25) is 0 Å². The Bertz CT molecular complexity index is 959. The first kappa shape index (κ1) is 20.5. The molecular formula is C23H29N5O2. The van der Waals surface area contributed by atoms with Gasteiger partial charge in [-0.2, -0.15) is 0 Å². The maximum Gasteiger partial charge on any atom is 0.141 e. The zero-order chi connectivity index (χ0) is 20.6. The van der Waals surface area contributed by atoms with Gasteiger partial charge < -0.3 is 14.8 Å². The summed E-state index contributed by atoms with van der Waals surface area (Å²) in [5.41, 5.74) is 2.84. The summed E-state index contributed by atoms with van der Waals surface area (Å²) >= 11 is 0. The summed E-state index contributed by atoms with van der Waals surface area (Å²) in [7, 11) is 0.